The Bertz CT molecular complexity index is 529. The Hall–Kier alpha value is -2.11. The third-order valence-corrected chi connectivity index (χ3v) is 2.47. The first kappa shape index (κ1) is 13.0. The number of aromatic carboxylic acids is 1. The van der Waals surface area contributed by atoms with Gasteiger partial charge < -0.3 is 14.8 Å². The van der Waals surface area contributed by atoms with Crippen molar-refractivity contribution in [2.45, 2.75) is 26.8 Å². The summed E-state index contributed by atoms with van der Waals surface area (Å²) >= 11 is 0. The number of aryl methyl sites for hydroxylation is 2. The van der Waals surface area contributed by atoms with Gasteiger partial charge in [-0.05, 0) is 25.5 Å². The summed E-state index contributed by atoms with van der Waals surface area (Å²) in [6, 6.07) is 1.56. The van der Waals surface area contributed by atoms with Gasteiger partial charge in [-0.25, -0.2) is 4.79 Å². The third-order valence-electron chi connectivity index (χ3n) is 2.47. The summed E-state index contributed by atoms with van der Waals surface area (Å²) in [4.78, 5) is 33.2. The Labute approximate surface area is 97.1 Å². The first-order chi connectivity index (χ1) is 7.84. The molecule has 1 aromatic rings. The molecule has 0 saturated heterocycles. The fourth-order valence-corrected chi connectivity index (χ4v) is 1.67. The maximum absolute atomic E-state index is 11.9. The molecule has 1 aromatic heterocycles. The fourth-order valence-electron chi connectivity index (χ4n) is 1.67. The minimum absolute atomic E-state index is 0.0272. The fraction of sp³-hybridized carbons (Fsp3) is 0.364. The van der Waals surface area contributed by atoms with Gasteiger partial charge in [-0.15, -0.1) is 0 Å². The molecule has 0 aliphatic rings. The molecule has 0 saturated carbocycles. The van der Waals surface area contributed by atoms with Crippen molar-refractivity contribution in [2.75, 3.05) is 0 Å². The van der Waals surface area contributed by atoms with E-state index in [0.29, 0.717) is 11.3 Å². The van der Waals surface area contributed by atoms with E-state index >= 15 is 0 Å². The zero-order valence-electron chi connectivity index (χ0n) is 9.56. The van der Waals surface area contributed by atoms with Crippen LogP contribution in [0.4, 0.5) is 0 Å². The SMILES string of the molecule is Cc1cc(C)n(CCC(=O)O)c(=O)c1C(=O)O. The van der Waals surface area contributed by atoms with E-state index in [-0.39, 0.29) is 18.5 Å². The number of carbonyl (C=O) groups is 2. The Morgan fingerprint density at radius 1 is 1.29 bits per heavy atom. The van der Waals surface area contributed by atoms with Crippen LogP contribution >= 0.6 is 0 Å². The van der Waals surface area contributed by atoms with Crippen molar-refractivity contribution in [3.63, 3.8) is 0 Å². The summed E-state index contributed by atoms with van der Waals surface area (Å²) in [5, 5.41) is 17.5. The normalized spacial score (nSPS) is 10.2. The van der Waals surface area contributed by atoms with Crippen molar-refractivity contribution in [2.24, 2.45) is 0 Å². The van der Waals surface area contributed by atoms with E-state index < -0.39 is 17.5 Å². The number of carboxylic acid groups (broad SMARTS) is 2. The summed E-state index contributed by atoms with van der Waals surface area (Å²) in [7, 11) is 0. The number of rotatable bonds is 4. The topological polar surface area (TPSA) is 96.6 Å². The summed E-state index contributed by atoms with van der Waals surface area (Å²) in [5.74, 6) is -2.33. The Morgan fingerprint density at radius 2 is 1.88 bits per heavy atom. The van der Waals surface area contributed by atoms with E-state index in [9.17, 15) is 14.4 Å². The molecule has 6 heteroatoms. The molecule has 0 aliphatic carbocycles. The molecular weight excluding hydrogens is 226 g/mol. The van der Waals surface area contributed by atoms with Gasteiger partial charge >= 0.3 is 11.9 Å². The highest BCUT2D eigenvalue weighted by Crippen LogP contribution is 2.07. The number of hydrogen-bond acceptors (Lipinski definition) is 3. The number of carboxylic acids is 2. The quantitative estimate of drug-likeness (QED) is 0.803. The second kappa shape index (κ2) is 4.82. The van der Waals surface area contributed by atoms with Crippen LogP contribution < -0.4 is 5.56 Å². The molecule has 0 aliphatic heterocycles. The first-order valence-corrected chi connectivity index (χ1v) is 5.00. The highest BCUT2D eigenvalue weighted by molar-refractivity contribution is 5.88. The van der Waals surface area contributed by atoms with Gasteiger partial charge in [-0.2, -0.15) is 0 Å². The van der Waals surface area contributed by atoms with Crippen molar-refractivity contribution >= 4 is 11.9 Å². The molecule has 2 N–H and O–H groups in total. The Morgan fingerprint density at radius 3 is 2.35 bits per heavy atom. The van der Waals surface area contributed by atoms with Crippen LogP contribution in [0.15, 0.2) is 10.9 Å². The summed E-state index contributed by atoms with van der Waals surface area (Å²) in [6.07, 6.45) is -0.219. The minimum Gasteiger partial charge on any atom is -0.481 e. The molecule has 0 aromatic carbocycles. The van der Waals surface area contributed by atoms with Crippen LogP contribution in [0.3, 0.4) is 0 Å². The third kappa shape index (κ3) is 2.72. The molecule has 17 heavy (non-hydrogen) atoms. The van der Waals surface area contributed by atoms with Gasteiger partial charge in [0.1, 0.15) is 5.56 Å². The second-order valence-electron chi connectivity index (χ2n) is 3.75. The van der Waals surface area contributed by atoms with Gasteiger partial charge in [0.15, 0.2) is 0 Å². The molecule has 1 heterocycles. The van der Waals surface area contributed by atoms with Crippen molar-refractivity contribution in [3.8, 4) is 0 Å². The van der Waals surface area contributed by atoms with E-state index in [2.05, 4.69) is 0 Å². The lowest BCUT2D eigenvalue weighted by Gasteiger charge is -2.11. The number of aromatic nitrogens is 1. The van der Waals surface area contributed by atoms with Crippen molar-refractivity contribution in [1.82, 2.24) is 4.57 Å². The number of pyridine rings is 1. The molecule has 6 nitrogen and oxygen atoms in total. The van der Waals surface area contributed by atoms with Gasteiger partial charge in [0.25, 0.3) is 5.56 Å². The molecule has 0 fully saturated rings. The number of nitrogens with zero attached hydrogens (tertiary/aromatic N) is 1. The van der Waals surface area contributed by atoms with E-state index in [0.717, 1.165) is 0 Å². The average molecular weight is 239 g/mol. The zero-order chi connectivity index (χ0) is 13.2. The molecule has 0 atom stereocenters. The first-order valence-electron chi connectivity index (χ1n) is 5.00. The van der Waals surface area contributed by atoms with Crippen LogP contribution in [-0.2, 0) is 11.3 Å². The van der Waals surface area contributed by atoms with Gasteiger partial charge in [0.05, 0.1) is 6.42 Å². The summed E-state index contributed by atoms with van der Waals surface area (Å²) < 4.78 is 1.17. The van der Waals surface area contributed by atoms with Gasteiger partial charge in [-0.3, -0.25) is 9.59 Å². The lowest BCUT2D eigenvalue weighted by Crippen LogP contribution is -2.30. The van der Waals surface area contributed by atoms with Crippen LogP contribution in [-0.4, -0.2) is 26.7 Å². The van der Waals surface area contributed by atoms with Crippen LogP contribution in [0.2, 0.25) is 0 Å². The van der Waals surface area contributed by atoms with Gasteiger partial charge in [-0.1, -0.05) is 0 Å². The molecule has 0 bridgehead atoms. The standard InChI is InChI=1S/C11H13NO5/c1-6-5-7(2)12(4-3-8(13)14)10(15)9(6)11(16)17/h5H,3-4H2,1-2H3,(H,13,14)(H,16,17). The maximum atomic E-state index is 11.9. The largest absolute Gasteiger partial charge is 0.481 e. The molecular formula is C11H13NO5. The lowest BCUT2D eigenvalue weighted by atomic mass is 10.1. The van der Waals surface area contributed by atoms with E-state index in [4.69, 9.17) is 10.2 Å². The molecule has 0 radical (unpaired) electrons. The molecule has 92 valence electrons. The average Bonchev–Trinajstić information content (AvgIpc) is 2.14. The number of aliphatic carboxylic acids is 1. The summed E-state index contributed by atoms with van der Waals surface area (Å²) in [5.41, 5.74) is -0.0254. The lowest BCUT2D eigenvalue weighted by molar-refractivity contribution is -0.137. The van der Waals surface area contributed by atoms with Crippen LogP contribution in [0.1, 0.15) is 28.0 Å². The Balaban J connectivity index is 3.31. The van der Waals surface area contributed by atoms with Gasteiger partial charge in [0, 0.05) is 12.2 Å². The Kier molecular flexibility index (Phi) is 3.67. The predicted molar refractivity (Wildman–Crippen MR) is 59.4 cm³/mol. The molecule has 0 amide bonds. The highest BCUT2D eigenvalue weighted by Gasteiger charge is 2.16. The maximum Gasteiger partial charge on any atom is 0.341 e. The zero-order valence-corrected chi connectivity index (χ0v) is 9.56. The van der Waals surface area contributed by atoms with Crippen LogP contribution in [0.25, 0.3) is 0 Å². The second-order valence-corrected chi connectivity index (χ2v) is 3.75. The molecule has 0 unspecified atom stereocenters. The van der Waals surface area contributed by atoms with E-state index in [1.165, 1.54) is 4.57 Å². The molecule has 0 spiro atoms. The van der Waals surface area contributed by atoms with Crippen molar-refractivity contribution in [3.05, 3.63) is 33.2 Å². The monoisotopic (exact) mass is 239 g/mol. The van der Waals surface area contributed by atoms with Gasteiger partial charge in [0.2, 0.25) is 0 Å². The molecule has 1 rings (SSSR count). The van der Waals surface area contributed by atoms with E-state index in [1.54, 1.807) is 19.9 Å². The minimum atomic E-state index is -1.29. The highest BCUT2D eigenvalue weighted by atomic mass is 16.4. The van der Waals surface area contributed by atoms with Crippen LogP contribution in [0.5, 0.6) is 0 Å². The summed E-state index contributed by atoms with van der Waals surface area (Å²) in [6.45, 7) is 3.15. The van der Waals surface area contributed by atoms with Crippen molar-refractivity contribution < 1.29 is 19.8 Å². The smallest absolute Gasteiger partial charge is 0.341 e. The van der Waals surface area contributed by atoms with Crippen molar-refractivity contribution in [1.29, 1.82) is 0 Å². The van der Waals surface area contributed by atoms with Crippen LogP contribution in [0, 0.1) is 13.8 Å². The van der Waals surface area contributed by atoms with E-state index in [1.807, 2.05) is 0 Å². The number of hydrogen-bond donors (Lipinski definition) is 2. The predicted octanol–water partition coefficient (Wildman–Crippen LogP) is 0.638.